The summed E-state index contributed by atoms with van der Waals surface area (Å²) < 4.78 is 26.2. The number of rotatable bonds is 33. The molecule has 4 N–H and O–H groups in total. The van der Waals surface area contributed by atoms with Gasteiger partial charge in [-0.2, -0.15) is 0 Å². The lowest BCUT2D eigenvalue weighted by molar-refractivity contribution is -0.161. The minimum atomic E-state index is -4.83. The molecule has 0 saturated carbocycles. The lowest BCUT2D eigenvalue weighted by atomic mass is 10.2. The SMILES string of the molecule is CC/C=C\C/C=C\C/C=C\C/C=C\C/C=C\CCCC(=O)OC[C@H](COP(=O)(O)O)OC(=O)CCC/C=C\[C@@H](O)/C=C/C=C\C/C=C\C=C\[C@@H](O)C/C=C\CC. The first-order valence-corrected chi connectivity index (χ1v) is 21.2. The Bertz CT molecular complexity index is 1390. The van der Waals surface area contributed by atoms with Crippen molar-refractivity contribution >= 4 is 19.8 Å². The molecule has 0 aliphatic carbocycles. The molecule has 0 rings (SSSR count). The molecule has 312 valence electrons. The van der Waals surface area contributed by atoms with Gasteiger partial charge in [0.05, 0.1) is 18.8 Å². The fraction of sp³-hybridized carbons (Fsp3) is 0.467. The molecule has 11 heteroatoms. The number of hydrogen-bond acceptors (Lipinski definition) is 8. The summed E-state index contributed by atoms with van der Waals surface area (Å²) in [6.07, 6.45) is 49.7. The third kappa shape index (κ3) is 39.8. The normalized spacial score (nSPS) is 15.0. The number of aliphatic hydroxyl groups excluding tert-OH is 2. The molecule has 56 heavy (non-hydrogen) atoms. The molecular formula is C45H67O10P. The number of aliphatic hydroxyl groups is 2. The monoisotopic (exact) mass is 798 g/mol. The second-order valence-electron chi connectivity index (χ2n) is 12.5. The van der Waals surface area contributed by atoms with Crippen LogP contribution in [0.4, 0.5) is 0 Å². The molecule has 10 nitrogen and oxygen atoms in total. The van der Waals surface area contributed by atoms with Crippen LogP contribution in [-0.4, -0.2) is 63.5 Å². The Morgan fingerprint density at radius 1 is 0.571 bits per heavy atom. The first-order chi connectivity index (χ1) is 27.1. The average Bonchev–Trinajstić information content (AvgIpc) is 3.16. The summed E-state index contributed by atoms with van der Waals surface area (Å²) in [7, 11) is -4.83. The van der Waals surface area contributed by atoms with E-state index in [2.05, 4.69) is 60.1 Å². The number of carbonyl (C=O) groups excluding carboxylic acids is 2. The van der Waals surface area contributed by atoms with Gasteiger partial charge in [-0.25, -0.2) is 4.57 Å². The molecule has 0 saturated heterocycles. The summed E-state index contributed by atoms with van der Waals surface area (Å²) in [5.41, 5.74) is 0. The van der Waals surface area contributed by atoms with Crippen LogP contribution in [-0.2, 0) is 28.2 Å². The highest BCUT2D eigenvalue weighted by molar-refractivity contribution is 7.46. The van der Waals surface area contributed by atoms with E-state index in [1.54, 1.807) is 30.4 Å². The first kappa shape index (κ1) is 52.1. The van der Waals surface area contributed by atoms with Gasteiger partial charge in [0.1, 0.15) is 6.61 Å². The number of carbonyl (C=O) groups is 2. The topological polar surface area (TPSA) is 160 Å². The Morgan fingerprint density at radius 2 is 1.07 bits per heavy atom. The number of allylic oxidation sites excluding steroid dienone is 18. The largest absolute Gasteiger partial charge is 0.469 e. The fourth-order valence-corrected chi connectivity index (χ4v) is 4.80. The van der Waals surface area contributed by atoms with E-state index in [0.29, 0.717) is 38.5 Å². The van der Waals surface area contributed by atoms with Gasteiger partial charge in [-0.05, 0) is 77.0 Å². The van der Waals surface area contributed by atoms with Gasteiger partial charge in [-0.3, -0.25) is 14.1 Å². The van der Waals surface area contributed by atoms with Crippen LogP contribution in [0.1, 0.15) is 104 Å². The summed E-state index contributed by atoms with van der Waals surface area (Å²) >= 11 is 0. The molecule has 0 fully saturated rings. The van der Waals surface area contributed by atoms with Crippen LogP contribution < -0.4 is 0 Å². The molecule has 0 aliphatic heterocycles. The number of ether oxygens (including phenoxy) is 2. The Labute approximate surface area is 336 Å². The average molecular weight is 799 g/mol. The third-order valence-corrected chi connectivity index (χ3v) is 7.82. The van der Waals surface area contributed by atoms with Crippen LogP contribution in [0.25, 0.3) is 0 Å². The molecule has 0 aromatic heterocycles. The second kappa shape index (κ2) is 38.0. The van der Waals surface area contributed by atoms with Gasteiger partial charge in [0.2, 0.25) is 0 Å². The number of esters is 2. The van der Waals surface area contributed by atoms with Gasteiger partial charge in [0, 0.05) is 12.8 Å². The number of hydrogen-bond donors (Lipinski definition) is 4. The summed E-state index contributed by atoms with van der Waals surface area (Å²) in [6.45, 7) is 3.14. The zero-order chi connectivity index (χ0) is 41.4. The Morgan fingerprint density at radius 3 is 1.66 bits per heavy atom. The van der Waals surface area contributed by atoms with Crippen LogP contribution in [0.2, 0.25) is 0 Å². The molecule has 0 unspecified atom stereocenters. The Hall–Kier alpha value is -3.89. The highest BCUT2D eigenvalue weighted by Crippen LogP contribution is 2.35. The predicted octanol–water partition coefficient (Wildman–Crippen LogP) is 9.89. The second-order valence-corrected chi connectivity index (χ2v) is 13.8. The number of phosphoric acid groups is 1. The predicted molar refractivity (Wildman–Crippen MR) is 227 cm³/mol. The maximum absolute atomic E-state index is 12.4. The van der Waals surface area contributed by atoms with Crippen LogP contribution in [0.5, 0.6) is 0 Å². The summed E-state index contributed by atoms with van der Waals surface area (Å²) in [4.78, 5) is 42.8. The third-order valence-electron chi connectivity index (χ3n) is 7.34. The molecule has 0 aliphatic rings. The van der Waals surface area contributed by atoms with Gasteiger partial charge >= 0.3 is 19.8 Å². The Balaban J connectivity index is 4.35. The van der Waals surface area contributed by atoms with Crippen molar-refractivity contribution in [3.63, 3.8) is 0 Å². The van der Waals surface area contributed by atoms with Crippen molar-refractivity contribution in [2.24, 2.45) is 0 Å². The standard InChI is InChI=1S/C45H67O10P/c1-3-5-7-8-9-10-11-12-13-14-15-16-17-18-22-25-31-37-44(48)53-39-43(40-54-56(50,51)52)55-45(49)38-32-26-30-36-42(47)35-29-24-21-19-20-23-28-34-41(46)33-27-6-4-2/h5-7,9-10,12-13,15-16,18,20-24,27-30,34-36,41-43,46-47H,3-4,8,11,14,17,19,25-26,31-33,37-40H2,1-2H3,(H2,50,51,52)/b7-5-,10-9-,13-12-,16-15-,22-18-,23-20-,24-21-,27-6-,34-28+,35-29+,36-30-/t41-,42-,43+/m0/s1. The zero-order valence-corrected chi connectivity index (χ0v) is 34.3. The maximum Gasteiger partial charge on any atom is 0.469 e. The first-order valence-electron chi connectivity index (χ1n) is 19.7. The summed E-state index contributed by atoms with van der Waals surface area (Å²) in [5.74, 6) is -1.15. The van der Waals surface area contributed by atoms with E-state index in [1.165, 1.54) is 0 Å². The fourth-order valence-electron chi connectivity index (χ4n) is 4.44. The van der Waals surface area contributed by atoms with Gasteiger partial charge in [-0.15, -0.1) is 0 Å². The minimum Gasteiger partial charge on any atom is -0.462 e. The molecule has 0 bridgehead atoms. The quantitative estimate of drug-likeness (QED) is 0.0165. The van der Waals surface area contributed by atoms with E-state index in [9.17, 15) is 24.4 Å². The van der Waals surface area contributed by atoms with Crippen molar-refractivity contribution in [3.05, 3.63) is 134 Å². The van der Waals surface area contributed by atoms with Gasteiger partial charge in [0.25, 0.3) is 0 Å². The van der Waals surface area contributed by atoms with Crippen LogP contribution >= 0.6 is 7.82 Å². The van der Waals surface area contributed by atoms with Crippen LogP contribution in [0, 0.1) is 0 Å². The number of phosphoric ester groups is 1. The summed E-state index contributed by atoms with van der Waals surface area (Å²) in [5, 5.41) is 19.9. The van der Waals surface area contributed by atoms with E-state index in [-0.39, 0.29) is 12.8 Å². The highest BCUT2D eigenvalue weighted by atomic mass is 31.2. The van der Waals surface area contributed by atoms with E-state index >= 15 is 0 Å². The Kier molecular flexibility index (Phi) is 35.4. The van der Waals surface area contributed by atoms with Gasteiger partial charge in [-0.1, -0.05) is 148 Å². The smallest absolute Gasteiger partial charge is 0.462 e. The van der Waals surface area contributed by atoms with E-state index in [1.807, 2.05) is 61.6 Å². The highest BCUT2D eigenvalue weighted by Gasteiger charge is 2.22. The number of unbranched alkanes of at least 4 members (excludes halogenated alkanes) is 2. The molecule has 3 atom stereocenters. The van der Waals surface area contributed by atoms with Crippen molar-refractivity contribution in [2.45, 2.75) is 122 Å². The van der Waals surface area contributed by atoms with Gasteiger partial charge in [0.15, 0.2) is 6.10 Å². The lowest BCUT2D eigenvalue weighted by Crippen LogP contribution is -2.29. The van der Waals surface area contributed by atoms with Crippen LogP contribution in [0.3, 0.4) is 0 Å². The van der Waals surface area contributed by atoms with Crippen molar-refractivity contribution in [1.29, 1.82) is 0 Å². The molecule has 0 spiro atoms. The molecule has 0 heterocycles. The molecule has 0 amide bonds. The van der Waals surface area contributed by atoms with E-state index in [0.717, 1.165) is 38.5 Å². The van der Waals surface area contributed by atoms with E-state index < -0.39 is 51.3 Å². The van der Waals surface area contributed by atoms with Crippen LogP contribution in [0.15, 0.2) is 134 Å². The van der Waals surface area contributed by atoms with Crippen molar-refractivity contribution < 1.29 is 48.2 Å². The lowest BCUT2D eigenvalue weighted by Gasteiger charge is -2.18. The minimum absolute atomic E-state index is 0.00416. The maximum atomic E-state index is 12.4. The van der Waals surface area contributed by atoms with Crippen molar-refractivity contribution in [3.8, 4) is 0 Å². The van der Waals surface area contributed by atoms with Crippen molar-refractivity contribution in [2.75, 3.05) is 13.2 Å². The molecule has 0 aromatic carbocycles. The van der Waals surface area contributed by atoms with Gasteiger partial charge < -0.3 is 29.5 Å². The zero-order valence-electron chi connectivity index (χ0n) is 33.4. The van der Waals surface area contributed by atoms with Crippen molar-refractivity contribution in [1.82, 2.24) is 0 Å². The molecular weight excluding hydrogens is 731 g/mol. The summed E-state index contributed by atoms with van der Waals surface area (Å²) in [6, 6.07) is 0. The molecule has 0 radical (unpaired) electrons. The molecule has 0 aromatic rings. The van der Waals surface area contributed by atoms with E-state index in [4.69, 9.17) is 19.3 Å².